The maximum atomic E-state index is 13.3. The van der Waals surface area contributed by atoms with Gasteiger partial charge < -0.3 is 4.90 Å². The fraction of sp³-hybridized carbons (Fsp3) is 0.304. The predicted molar refractivity (Wildman–Crippen MR) is 105 cm³/mol. The molecule has 0 N–H and O–H groups in total. The van der Waals surface area contributed by atoms with Gasteiger partial charge in [-0.25, -0.2) is 0 Å². The number of carbonyl (C=O) groups is 2. The van der Waals surface area contributed by atoms with Crippen molar-refractivity contribution in [3.63, 3.8) is 0 Å². The van der Waals surface area contributed by atoms with Crippen LogP contribution in [0.5, 0.6) is 0 Å². The highest BCUT2D eigenvalue weighted by molar-refractivity contribution is 6.05. The molecule has 0 unspecified atom stereocenters. The Kier molecular flexibility index (Phi) is 5.08. The van der Waals surface area contributed by atoms with Crippen molar-refractivity contribution in [2.24, 2.45) is 5.92 Å². The van der Waals surface area contributed by atoms with Gasteiger partial charge in [-0.2, -0.15) is 0 Å². The Morgan fingerprint density at radius 1 is 0.885 bits per heavy atom. The average molecular weight is 347 g/mol. The van der Waals surface area contributed by atoms with Crippen molar-refractivity contribution < 1.29 is 9.59 Å². The molecule has 0 radical (unpaired) electrons. The molecule has 0 aromatic heterocycles. The number of carbonyl (C=O) groups excluding carboxylic acids is 2. The molecule has 1 aliphatic rings. The second-order valence-electron chi connectivity index (χ2n) is 7.75. The maximum absolute atomic E-state index is 13.3. The van der Waals surface area contributed by atoms with Crippen LogP contribution in [0.4, 0.5) is 0 Å². The second kappa shape index (κ2) is 7.28. The third-order valence-electron chi connectivity index (χ3n) is 4.46. The van der Waals surface area contributed by atoms with Crippen LogP contribution in [-0.2, 0) is 4.79 Å². The molecule has 0 bridgehead atoms. The van der Waals surface area contributed by atoms with Gasteiger partial charge in [0.25, 0.3) is 5.91 Å². The van der Waals surface area contributed by atoms with Crippen LogP contribution < -0.4 is 0 Å². The molecule has 26 heavy (non-hydrogen) atoms. The summed E-state index contributed by atoms with van der Waals surface area (Å²) in [6, 6.07) is 18.9. The van der Waals surface area contributed by atoms with E-state index in [1.54, 1.807) is 11.0 Å². The van der Waals surface area contributed by atoms with Gasteiger partial charge in [-0.1, -0.05) is 48.5 Å². The fourth-order valence-electron chi connectivity index (χ4n) is 2.99. The van der Waals surface area contributed by atoms with Crippen LogP contribution in [0, 0.1) is 5.92 Å². The minimum Gasteiger partial charge on any atom is -0.302 e. The summed E-state index contributed by atoms with van der Waals surface area (Å²) in [6.45, 7) is 5.98. The standard InChI is InChI=1S/C23H25NO2/c1-23(2,3)24(22(26)19-12-8-5-9-13-19)20(16-21(25)18-14-15-18)17-10-6-4-7-11-17/h4-13,16,18H,14-15H2,1-3H3/b20-16-. The summed E-state index contributed by atoms with van der Waals surface area (Å²) in [5.41, 5.74) is 1.69. The van der Waals surface area contributed by atoms with Crippen LogP contribution >= 0.6 is 0 Å². The fourth-order valence-corrected chi connectivity index (χ4v) is 2.99. The van der Waals surface area contributed by atoms with Crippen molar-refractivity contribution in [3.05, 3.63) is 77.9 Å². The van der Waals surface area contributed by atoms with Crippen molar-refractivity contribution in [3.8, 4) is 0 Å². The van der Waals surface area contributed by atoms with Crippen molar-refractivity contribution >= 4 is 17.4 Å². The summed E-state index contributed by atoms with van der Waals surface area (Å²) in [6.07, 6.45) is 3.55. The molecule has 1 amide bonds. The molecule has 1 aliphatic carbocycles. The smallest absolute Gasteiger partial charge is 0.258 e. The van der Waals surface area contributed by atoms with Gasteiger partial charge >= 0.3 is 0 Å². The molecule has 0 atom stereocenters. The molecule has 3 heteroatoms. The van der Waals surface area contributed by atoms with E-state index in [1.165, 1.54) is 0 Å². The van der Waals surface area contributed by atoms with Crippen molar-refractivity contribution in [1.82, 2.24) is 4.90 Å². The Bertz CT molecular complexity index is 812. The maximum Gasteiger partial charge on any atom is 0.258 e. The number of nitrogens with zero attached hydrogens (tertiary/aromatic N) is 1. The number of amides is 1. The van der Waals surface area contributed by atoms with E-state index in [2.05, 4.69) is 0 Å². The highest BCUT2D eigenvalue weighted by Crippen LogP contribution is 2.34. The zero-order chi connectivity index (χ0) is 18.7. The van der Waals surface area contributed by atoms with E-state index in [-0.39, 0.29) is 17.6 Å². The van der Waals surface area contributed by atoms with Gasteiger partial charge in [0.15, 0.2) is 5.78 Å². The van der Waals surface area contributed by atoms with Gasteiger partial charge in [0.1, 0.15) is 0 Å². The largest absolute Gasteiger partial charge is 0.302 e. The molecule has 1 saturated carbocycles. The summed E-state index contributed by atoms with van der Waals surface area (Å²) in [5.74, 6) is 0.123. The topological polar surface area (TPSA) is 37.4 Å². The molecule has 0 spiro atoms. The van der Waals surface area contributed by atoms with Crippen LogP contribution in [0.15, 0.2) is 66.7 Å². The Morgan fingerprint density at radius 2 is 1.38 bits per heavy atom. The molecule has 3 nitrogen and oxygen atoms in total. The van der Waals surface area contributed by atoms with Crippen LogP contribution in [-0.4, -0.2) is 22.1 Å². The molecule has 0 aliphatic heterocycles. The highest BCUT2D eigenvalue weighted by Gasteiger charge is 2.34. The number of hydrogen-bond acceptors (Lipinski definition) is 2. The van der Waals surface area contributed by atoms with Gasteiger partial charge in [0.2, 0.25) is 0 Å². The van der Waals surface area contributed by atoms with Crippen LogP contribution in [0.1, 0.15) is 49.5 Å². The summed E-state index contributed by atoms with van der Waals surface area (Å²) < 4.78 is 0. The van der Waals surface area contributed by atoms with Gasteiger partial charge in [0, 0.05) is 23.1 Å². The number of allylic oxidation sites excluding steroid dienone is 1. The number of benzene rings is 2. The van der Waals surface area contributed by atoms with E-state index in [9.17, 15) is 9.59 Å². The Balaban J connectivity index is 2.10. The minimum absolute atomic E-state index is 0.100. The molecule has 2 aromatic carbocycles. The Morgan fingerprint density at radius 3 is 1.85 bits per heavy atom. The van der Waals surface area contributed by atoms with Crippen LogP contribution in [0.2, 0.25) is 0 Å². The SMILES string of the molecule is CC(C)(C)N(C(=O)c1ccccc1)/C(=C\C(=O)C1CC1)c1ccccc1. The van der Waals surface area contributed by atoms with Crippen molar-refractivity contribution in [1.29, 1.82) is 0 Å². The van der Waals surface area contributed by atoms with E-state index < -0.39 is 5.54 Å². The summed E-state index contributed by atoms with van der Waals surface area (Å²) in [5, 5.41) is 0. The zero-order valence-electron chi connectivity index (χ0n) is 15.6. The van der Waals surface area contributed by atoms with E-state index >= 15 is 0 Å². The van der Waals surface area contributed by atoms with E-state index in [0.29, 0.717) is 11.3 Å². The average Bonchev–Trinajstić information content (AvgIpc) is 3.46. The lowest BCUT2D eigenvalue weighted by molar-refractivity contribution is -0.115. The highest BCUT2D eigenvalue weighted by atomic mass is 16.2. The third-order valence-corrected chi connectivity index (χ3v) is 4.46. The normalized spacial score (nSPS) is 14.8. The van der Waals surface area contributed by atoms with E-state index in [0.717, 1.165) is 18.4 Å². The van der Waals surface area contributed by atoms with Crippen molar-refractivity contribution in [2.45, 2.75) is 39.2 Å². The molecule has 0 saturated heterocycles. The van der Waals surface area contributed by atoms with Gasteiger partial charge in [0.05, 0.1) is 5.70 Å². The molecular weight excluding hydrogens is 322 g/mol. The van der Waals surface area contributed by atoms with E-state index in [4.69, 9.17) is 0 Å². The Labute approximate surface area is 155 Å². The summed E-state index contributed by atoms with van der Waals surface area (Å²) in [4.78, 5) is 27.7. The second-order valence-corrected chi connectivity index (χ2v) is 7.75. The lowest BCUT2D eigenvalue weighted by Crippen LogP contribution is -2.44. The number of rotatable bonds is 5. The minimum atomic E-state index is -0.474. The first kappa shape index (κ1) is 18.1. The predicted octanol–water partition coefficient (Wildman–Crippen LogP) is 4.95. The van der Waals surface area contributed by atoms with Gasteiger partial charge in [-0.15, -0.1) is 0 Å². The molecule has 134 valence electrons. The third kappa shape index (κ3) is 4.10. The van der Waals surface area contributed by atoms with Crippen LogP contribution in [0.25, 0.3) is 5.70 Å². The molecule has 0 heterocycles. The van der Waals surface area contributed by atoms with Gasteiger partial charge in [-0.3, -0.25) is 9.59 Å². The van der Waals surface area contributed by atoms with Crippen molar-refractivity contribution in [2.75, 3.05) is 0 Å². The molecule has 1 fully saturated rings. The first-order valence-corrected chi connectivity index (χ1v) is 9.08. The quantitative estimate of drug-likeness (QED) is 0.718. The number of hydrogen-bond donors (Lipinski definition) is 0. The summed E-state index contributed by atoms with van der Waals surface area (Å²) >= 11 is 0. The van der Waals surface area contributed by atoms with Crippen LogP contribution in [0.3, 0.4) is 0 Å². The monoisotopic (exact) mass is 347 g/mol. The molecule has 2 aromatic rings. The van der Waals surface area contributed by atoms with Gasteiger partial charge in [-0.05, 0) is 51.3 Å². The van der Waals surface area contributed by atoms with E-state index in [1.807, 2.05) is 81.4 Å². The lowest BCUT2D eigenvalue weighted by Gasteiger charge is -2.37. The first-order valence-electron chi connectivity index (χ1n) is 9.08. The lowest BCUT2D eigenvalue weighted by atomic mass is 9.98. The zero-order valence-corrected chi connectivity index (χ0v) is 15.6. The first-order chi connectivity index (χ1) is 12.4. The number of ketones is 1. The Hall–Kier alpha value is -2.68. The molecular formula is C23H25NO2. The summed E-state index contributed by atoms with van der Waals surface area (Å²) in [7, 11) is 0. The molecule has 3 rings (SSSR count).